The molecule has 0 spiro atoms. The van der Waals surface area contributed by atoms with Crippen LogP contribution >= 0.6 is 24.0 Å². The predicted octanol–water partition coefficient (Wildman–Crippen LogP) is 4.72. The molecule has 4 nitrogen and oxygen atoms in total. The molecule has 5 heteroatoms. The molecule has 1 aliphatic rings. The van der Waals surface area contributed by atoms with Gasteiger partial charge in [0.2, 0.25) is 0 Å². The molecule has 1 saturated heterocycles. The zero-order chi connectivity index (χ0) is 18.2. The molecule has 0 amide bonds. The van der Waals surface area contributed by atoms with Gasteiger partial charge in [0.1, 0.15) is 0 Å². The molecule has 3 rings (SSSR count). The van der Waals surface area contributed by atoms with Gasteiger partial charge in [-0.1, -0.05) is 42.5 Å². The summed E-state index contributed by atoms with van der Waals surface area (Å²) < 4.78 is 0. The minimum atomic E-state index is 0. The van der Waals surface area contributed by atoms with Gasteiger partial charge in [-0.2, -0.15) is 0 Å². The van der Waals surface area contributed by atoms with Crippen molar-refractivity contribution in [2.45, 2.75) is 39.3 Å². The molecule has 1 atom stereocenters. The van der Waals surface area contributed by atoms with E-state index in [1.165, 1.54) is 42.7 Å². The molecule has 0 aromatic heterocycles. The van der Waals surface area contributed by atoms with E-state index in [0.29, 0.717) is 6.54 Å². The van der Waals surface area contributed by atoms with Crippen LogP contribution in [0.5, 0.6) is 0 Å². The highest BCUT2D eigenvalue weighted by Gasteiger charge is 2.14. The highest BCUT2D eigenvalue weighted by molar-refractivity contribution is 14.0. The van der Waals surface area contributed by atoms with Crippen LogP contribution in [0.25, 0.3) is 0 Å². The van der Waals surface area contributed by atoms with Crippen LogP contribution in [-0.2, 0) is 6.54 Å². The Kier molecular flexibility index (Phi) is 8.91. The van der Waals surface area contributed by atoms with E-state index in [4.69, 9.17) is 4.99 Å². The summed E-state index contributed by atoms with van der Waals surface area (Å²) in [5.74, 6) is 0.857. The summed E-state index contributed by atoms with van der Waals surface area (Å²) in [6.07, 6.45) is 2.60. The largest absolute Gasteiger partial charge is 0.372 e. The minimum absolute atomic E-state index is 0. The van der Waals surface area contributed by atoms with E-state index in [1.807, 2.05) is 6.07 Å². The Hall–Kier alpha value is -1.76. The van der Waals surface area contributed by atoms with E-state index in [1.54, 1.807) is 0 Å². The highest BCUT2D eigenvalue weighted by atomic mass is 127. The van der Waals surface area contributed by atoms with Crippen molar-refractivity contribution in [1.29, 1.82) is 0 Å². The van der Waals surface area contributed by atoms with Crippen LogP contribution in [0.4, 0.5) is 5.69 Å². The maximum absolute atomic E-state index is 4.73. The number of nitrogens with one attached hydrogen (secondary N) is 2. The van der Waals surface area contributed by atoms with Crippen molar-refractivity contribution in [1.82, 2.24) is 10.6 Å². The van der Waals surface area contributed by atoms with Gasteiger partial charge < -0.3 is 15.5 Å². The van der Waals surface area contributed by atoms with Crippen LogP contribution in [0.15, 0.2) is 59.6 Å². The quantitative estimate of drug-likeness (QED) is 0.359. The summed E-state index contributed by atoms with van der Waals surface area (Å²) >= 11 is 0. The lowest BCUT2D eigenvalue weighted by Crippen LogP contribution is -2.38. The summed E-state index contributed by atoms with van der Waals surface area (Å²) in [4.78, 5) is 7.21. The number of aliphatic imine (C=N–C) groups is 1. The molecule has 0 bridgehead atoms. The van der Waals surface area contributed by atoms with Crippen molar-refractivity contribution in [3.63, 3.8) is 0 Å². The molecule has 2 aromatic rings. The van der Waals surface area contributed by atoms with Gasteiger partial charge >= 0.3 is 0 Å². The number of anilines is 1. The van der Waals surface area contributed by atoms with Crippen molar-refractivity contribution in [3.05, 3.63) is 65.7 Å². The number of hydrogen-bond acceptors (Lipinski definition) is 2. The van der Waals surface area contributed by atoms with Crippen LogP contribution in [0.3, 0.4) is 0 Å². The van der Waals surface area contributed by atoms with Crippen LogP contribution in [0.2, 0.25) is 0 Å². The molecule has 146 valence electrons. The third-order valence-corrected chi connectivity index (χ3v) is 4.80. The number of nitrogens with zero attached hydrogens (tertiary/aromatic N) is 2. The summed E-state index contributed by atoms with van der Waals surface area (Å²) in [6, 6.07) is 19.4. The Bertz CT molecular complexity index is 711. The fourth-order valence-corrected chi connectivity index (χ4v) is 3.33. The van der Waals surface area contributed by atoms with Gasteiger partial charge in [0.05, 0.1) is 12.6 Å². The molecule has 1 aliphatic heterocycles. The molecule has 1 unspecified atom stereocenters. The van der Waals surface area contributed by atoms with Gasteiger partial charge in [-0.3, -0.25) is 0 Å². The van der Waals surface area contributed by atoms with Gasteiger partial charge in [0.15, 0.2) is 5.96 Å². The molecule has 2 aromatic carbocycles. The first-order valence-corrected chi connectivity index (χ1v) is 9.70. The van der Waals surface area contributed by atoms with E-state index in [0.717, 1.165) is 12.5 Å². The molecule has 1 fully saturated rings. The van der Waals surface area contributed by atoms with E-state index >= 15 is 0 Å². The second-order valence-corrected chi connectivity index (χ2v) is 6.84. The second-order valence-electron chi connectivity index (χ2n) is 6.84. The lowest BCUT2D eigenvalue weighted by molar-refractivity contribution is 0.686. The number of benzene rings is 2. The van der Waals surface area contributed by atoms with Gasteiger partial charge in [0.25, 0.3) is 0 Å². The maximum atomic E-state index is 4.73. The fourth-order valence-electron chi connectivity index (χ4n) is 3.33. The Balaban J connectivity index is 0.00000261. The first-order valence-electron chi connectivity index (χ1n) is 9.70. The molecular weight excluding hydrogens is 447 g/mol. The van der Waals surface area contributed by atoms with Crippen molar-refractivity contribution in [2.75, 3.05) is 24.5 Å². The van der Waals surface area contributed by atoms with E-state index < -0.39 is 0 Å². The van der Waals surface area contributed by atoms with E-state index in [-0.39, 0.29) is 30.0 Å². The monoisotopic (exact) mass is 478 g/mol. The SMILES string of the molecule is CCNC(=NCc1ccccc1)NC(C)c1cccc(N2CCCC2)c1.I. The molecule has 0 radical (unpaired) electrons. The molecule has 2 N–H and O–H groups in total. The summed E-state index contributed by atoms with van der Waals surface area (Å²) in [5.41, 5.74) is 3.84. The topological polar surface area (TPSA) is 39.7 Å². The van der Waals surface area contributed by atoms with Crippen LogP contribution in [-0.4, -0.2) is 25.6 Å². The summed E-state index contributed by atoms with van der Waals surface area (Å²) in [7, 11) is 0. The number of guanidine groups is 1. The minimum Gasteiger partial charge on any atom is -0.372 e. The fraction of sp³-hybridized carbons (Fsp3) is 0.409. The average Bonchev–Trinajstić information content (AvgIpc) is 3.22. The zero-order valence-corrected chi connectivity index (χ0v) is 18.6. The first kappa shape index (κ1) is 21.5. The highest BCUT2D eigenvalue weighted by Crippen LogP contribution is 2.23. The van der Waals surface area contributed by atoms with Gasteiger partial charge in [0, 0.05) is 25.3 Å². The first-order chi connectivity index (χ1) is 12.8. The lowest BCUT2D eigenvalue weighted by Gasteiger charge is -2.22. The van der Waals surface area contributed by atoms with Crippen LogP contribution in [0.1, 0.15) is 43.9 Å². The predicted molar refractivity (Wildman–Crippen MR) is 126 cm³/mol. The van der Waals surface area contributed by atoms with Crippen molar-refractivity contribution in [3.8, 4) is 0 Å². The summed E-state index contributed by atoms with van der Waals surface area (Å²) in [5, 5.41) is 6.89. The van der Waals surface area contributed by atoms with Crippen molar-refractivity contribution < 1.29 is 0 Å². The molecular formula is C22H31IN4. The number of rotatable bonds is 6. The zero-order valence-electron chi connectivity index (χ0n) is 16.3. The Morgan fingerprint density at radius 1 is 1.07 bits per heavy atom. The van der Waals surface area contributed by atoms with Crippen LogP contribution in [0, 0.1) is 0 Å². The van der Waals surface area contributed by atoms with Gasteiger partial charge in [-0.15, -0.1) is 24.0 Å². The number of hydrogen-bond donors (Lipinski definition) is 2. The van der Waals surface area contributed by atoms with E-state index in [9.17, 15) is 0 Å². The average molecular weight is 478 g/mol. The Morgan fingerprint density at radius 3 is 2.52 bits per heavy atom. The maximum Gasteiger partial charge on any atom is 0.192 e. The van der Waals surface area contributed by atoms with E-state index in [2.05, 4.69) is 77.9 Å². The van der Waals surface area contributed by atoms with Gasteiger partial charge in [-0.05, 0) is 49.9 Å². The summed E-state index contributed by atoms with van der Waals surface area (Å²) in [6.45, 7) is 8.16. The molecule has 0 aliphatic carbocycles. The molecule has 27 heavy (non-hydrogen) atoms. The molecule has 0 saturated carbocycles. The van der Waals surface area contributed by atoms with Crippen molar-refractivity contribution >= 4 is 35.6 Å². The van der Waals surface area contributed by atoms with Gasteiger partial charge in [-0.25, -0.2) is 4.99 Å². The second kappa shape index (κ2) is 11.2. The van der Waals surface area contributed by atoms with Crippen LogP contribution < -0.4 is 15.5 Å². The Morgan fingerprint density at radius 2 is 1.81 bits per heavy atom. The third kappa shape index (κ3) is 6.41. The molecule has 1 heterocycles. The standard InChI is InChI=1S/C22H30N4.HI/c1-3-23-22(24-17-19-10-5-4-6-11-19)25-18(2)20-12-9-13-21(16-20)26-14-7-8-15-26;/h4-6,9-13,16,18H,3,7-8,14-15,17H2,1-2H3,(H2,23,24,25);1H. The smallest absolute Gasteiger partial charge is 0.192 e. The number of halogens is 1. The van der Waals surface area contributed by atoms with Crippen molar-refractivity contribution in [2.24, 2.45) is 4.99 Å². The Labute approximate surface area is 180 Å². The third-order valence-electron chi connectivity index (χ3n) is 4.80. The lowest BCUT2D eigenvalue weighted by atomic mass is 10.1. The normalized spacial score (nSPS) is 15.2.